The standard InChI is InChI=1S/C24H20N2O4S/c1-29-19-12-13-20-21(14-19)31-24(26(20)15-22(27)30-2)25-23(28)18-10-8-17(9-11-18)16-6-4-3-5-7-16/h3-14H,15H2,1-2H3. The molecule has 0 saturated heterocycles. The smallest absolute Gasteiger partial charge is 0.325 e. The van der Waals surface area contributed by atoms with Gasteiger partial charge in [-0.2, -0.15) is 4.99 Å². The molecule has 0 spiro atoms. The van der Waals surface area contributed by atoms with Crippen LogP contribution >= 0.6 is 11.3 Å². The maximum atomic E-state index is 12.9. The van der Waals surface area contributed by atoms with Crippen LogP contribution in [0, 0.1) is 0 Å². The van der Waals surface area contributed by atoms with Crippen molar-refractivity contribution in [2.45, 2.75) is 6.54 Å². The van der Waals surface area contributed by atoms with E-state index in [1.54, 1.807) is 29.9 Å². The maximum absolute atomic E-state index is 12.9. The highest BCUT2D eigenvalue weighted by molar-refractivity contribution is 7.16. The number of rotatable bonds is 5. The van der Waals surface area contributed by atoms with E-state index in [2.05, 4.69) is 4.99 Å². The summed E-state index contributed by atoms with van der Waals surface area (Å²) >= 11 is 1.32. The van der Waals surface area contributed by atoms with Crippen molar-refractivity contribution in [3.05, 3.63) is 83.2 Å². The molecule has 4 rings (SSSR count). The van der Waals surface area contributed by atoms with Crippen LogP contribution in [0.3, 0.4) is 0 Å². The molecule has 0 aliphatic carbocycles. The number of thiazole rings is 1. The summed E-state index contributed by atoms with van der Waals surface area (Å²) in [5.74, 6) is -0.110. The number of methoxy groups -OCH3 is 2. The quantitative estimate of drug-likeness (QED) is 0.441. The lowest BCUT2D eigenvalue weighted by molar-refractivity contribution is -0.141. The van der Waals surface area contributed by atoms with E-state index >= 15 is 0 Å². The van der Waals surface area contributed by atoms with Crippen LogP contribution in [0.4, 0.5) is 0 Å². The summed E-state index contributed by atoms with van der Waals surface area (Å²) in [5.41, 5.74) is 3.35. The van der Waals surface area contributed by atoms with Crippen LogP contribution in [0.1, 0.15) is 10.4 Å². The monoisotopic (exact) mass is 432 g/mol. The number of ether oxygens (including phenoxy) is 2. The summed E-state index contributed by atoms with van der Waals surface area (Å²) in [6.07, 6.45) is 0. The fourth-order valence-corrected chi connectivity index (χ4v) is 4.26. The van der Waals surface area contributed by atoms with Crippen molar-refractivity contribution in [3.63, 3.8) is 0 Å². The number of carbonyl (C=O) groups is 2. The fraction of sp³-hybridized carbons (Fsp3) is 0.125. The Morgan fingerprint density at radius 2 is 1.65 bits per heavy atom. The zero-order valence-corrected chi connectivity index (χ0v) is 17.9. The second kappa shape index (κ2) is 8.97. The summed E-state index contributed by atoms with van der Waals surface area (Å²) in [4.78, 5) is 29.5. The number of aromatic nitrogens is 1. The Kier molecular flexibility index (Phi) is 5.95. The van der Waals surface area contributed by atoms with E-state index in [4.69, 9.17) is 9.47 Å². The van der Waals surface area contributed by atoms with Crippen molar-refractivity contribution in [2.24, 2.45) is 4.99 Å². The van der Waals surface area contributed by atoms with E-state index in [1.165, 1.54) is 18.4 Å². The van der Waals surface area contributed by atoms with Gasteiger partial charge in [0.25, 0.3) is 5.91 Å². The Morgan fingerprint density at radius 3 is 2.32 bits per heavy atom. The summed E-state index contributed by atoms with van der Waals surface area (Å²) in [5, 5.41) is 0. The van der Waals surface area contributed by atoms with E-state index in [-0.39, 0.29) is 12.5 Å². The maximum Gasteiger partial charge on any atom is 0.325 e. The summed E-state index contributed by atoms with van der Waals surface area (Å²) in [6, 6.07) is 22.8. The minimum atomic E-state index is -0.420. The molecule has 7 heteroatoms. The highest BCUT2D eigenvalue weighted by atomic mass is 32.1. The average Bonchev–Trinajstić information content (AvgIpc) is 3.15. The van der Waals surface area contributed by atoms with Crippen molar-refractivity contribution in [1.82, 2.24) is 4.57 Å². The molecule has 1 aromatic heterocycles. The summed E-state index contributed by atoms with van der Waals surface area (Å²) in [7, 11) is 2.92. The van der Waals surface area contributed by atoms with Gasteiger partial charge in [-0.05, 0) is 41.5 Å². The molecule has 0 fully saturated rings. The van der Waals surface area contributed by atoms with Gasteiger partial charge in [0.15, 0.2) is 4.80 Å². The van der Waals surface area contributed by atoms with Gasteiger partial charge in [-0.3, -0.25) is 9.59 Å². The van der Waals surface area contributed by atoms with Crippen LogP contribution in [-0.4, -0.2) is 30.7 Å². The molecule has 6 nitrogen and oxygen atoms in total. The van der Waals surface area contributed by atoms with Crippen molar-refractivity contribution >= 4 is 33.4 Å². The molecule has 0 bridgehead atoms. The normalized spacial score (nSPS) is 11.5. The lowest BCUT2D eigenvalue weighted by Gasteiger charge is -2.05. The molecule has 0 unspecified atom stereocenters. The van der Waals surface area contributed by atoms with Gasteiger partial charge in [0.05, 0.1) is 24.4 Å². The van der Waals surface area contributed by atoms with Crippen molar-refractivity contribution in [2.75, 3.05) is 14.2 Å². The van der Waals surface area contributed by atoms with Gasteiger partial charge in [0.2, 0.25) is 0 Å². The molecule has 0 aliphatic heterocycles. The Bertz CT molecular complexity index is 1310. The fourth-order valence-electron chi connectivity index (χ4n) is 3.20. The molecule has 4 aromatic rings. The second-order valence-electron chi connectivity index (χ2n) is 6.74. The van der Waals surface area contributed by atoms with Gasteiger partial charge in [-0.25, -0.2) is 0 Å². The Morgan fingerprint density at radius 1 is 0.935 bits per heavy atom. The molecule has 0 aliphatic rings. The lowest BCUT2D eigenvalue weighted by atomic mass is 10.0. The highest BCUT2D eigenvalue weighted by Gasteiger charge is 2.13. The third kappa shape index (κ3) is 4.41. The molecule has 1 amide bonds. The molecular weight excluding hydrogens is 412 g/mol. The van der Waals surface area contributed by atoms with E-state index < -0.39 is 5.97 Å². The first-order valence-corrected chi connectivity index (χ1v) is 10.4. The minimum Gasteiger partial charge on any atom is -0.497 e. The number of benzene rings is 3. The number of carbonyl (C=O) groups excluding carboxylic acids is 2. The predicted molar refractivity (Wildman–Crippen MR) is 120 cm³/mol. The number of hydrogen-bond acceptors (Lipinski definition) is 5. The lowest BCUT2D eigenvalue weighted by Crippen LogP contribution is -2.22. The molecule has 3 aromatic carbocycles. The Balaban J connectivity index is 1.72. The van der Waals surface area contributed by atoms with Gasteiger partial charge >= 0.3 is 5.97 Å². The van der Waals surface area contributed by atoms with Crippen LogP contribution in [-0.2, 0) is 16.1 Å². The molecule has 31 heavy (non-hydrogen) atoms. The third-order valence-electron chi connectivity index (χ3n) is 4.84. The topological polar surface area (TPSA) is 69.9 Å². The van der Waals surface area contributed by atoms with Crippen LogP contribution < -0.4 is 9.54 Å². The van der Waals surface area contributed by atoms with Crippen molar-refractivity contribution in [1.29, 1.82) is 0 Å². The molecule has 0 N–H and O–H groups in total. The van der Waals surface area contributed by atoms with E-state index in [1.807, 2.05) is 54.6 Å². The van der Waals surface area contributed by atoms with Gasteiger partial charge in [0.1, 0.15) is 12.3 Å². The van der Waals surface area contributed by atoms with Crippen molar-refractivity contribution in [3.8, 4) is 16.9 Å². The van der Waals surface area contributed by atoms with Crippen LogP contribution in [0.2, 0.25) is 0 Å². The summed E-state index contributed by atoms with van der Waals surface area (Å²) < 4.78 is 12.6. The number of hydrogen-bond donors (Lipinski definition) is 0. The van der Waals surface area contributed by atoms with Crippen molar-refractivity contribution < 1.29 is 19.1 Å². The van der Waals surface area contributed by atoms with Gasteiger partial charge < -0.3 is 14.0 Å². The first kappa shape index (κ1) is 20.6. The van der Waals surface area contributed by atoms with E-state index in [0.717, 1.165) is 21.3 Å². The predicted octanol–water partition coefficient (Wildman–Crippen LogP) is 4.29. The summed E-state index contributed by atoms with van der Waals surface area (Å²) in [6.45, 7) is -0.0398. The SMILES string of the molecule is COC(=O)Cn1c(=NC(=O)c2ccc(-c3ccccc3)cc2)sc2cc(OC)ccc21. The number of esters is 1. The number of fused-ring (bicyclic) bond motifs is 1. The second-order valence-corrected chi connectivity index (χ2v) is 7.75. The molecule has 1 heterocycles. The van der Waals surface area contributed by atoms with Gasteiger partial charge in [-0.1, -0.05) is 53.8 Å². The first-order valence-electron chi connectivity index (χ1n) is 9.58. The highest BCUT2D eigenvalue weighted by Crippen LogP contribution is 2.24. The van der Waals surface area contributed by atoms with Gasteiger partial charge in [0, 0.05) is 5.56 Å². The van der Waals surface area contributed by atoms with Crippen LogP contribution in [0.5, 0.6) is 5.75 Å². The zero-order valence-electron chi connectivity index (χ0n) is 17.1. The van der Waals surface area contributed by atoms with E-state index in [9.17, 15) is 9.59 Å². The molecule has 156 valence electrons. The first-order chi connectivity index (χ1) is 15.1. The van der Waals surface area contributed by atoms with E-state index in [0.29, 0.717) is 16.1 Å². The zero-order chi connectivity index (χ0) is 21.8. The number of nitrogens with zero attached hydrogens (tertiary/aromatic N) is 2. The van der Waals surface area contributed by atoms with Crippen LogP contribution in [0.15, 0.2) is 77.8 Å². The third-order valence-corrected chi connectivity index (χ3v) is 5.88. The molecule has 0 radical (unpaired) electrons. The average molecular weight is 433 g/mol. The number of amides is 1. The largest absolute Gasteiger partial charge is 0.497 e. The minimum absolute atomic E-state index is 0.0398. The van der Waals surface area contributed by atoms with Gasteiger partial charge in [-0.15, -0.1) is 0 Å². The molecule has 0 atom stereocenters. The molecular formula is C24H20N2O4S. The molecule has 0 saturated carbocycles. The Labute approximate surface area is 183 Å². The van der Waals surface area contributed by atoms with Crippen LogP contribution in [0.25, 0.3) is 21.3 Å². The Hall–Kier alpha value is -3.71.